The summed E-state index contributed by atoms with van der Waals surface area (Å²) in [6, 6.07) is 2.02. The minimum atomic E-state index is -4.49. The first-order valence-corrected chi connectivity index (χ1v) is 8.08. The number of alkyl halides is 3. The Bertz CT molecular complexity index is 699. The van der Waals surface area contributed by atoms with Crippen LogP contribution in [0.15, 0.2) is 48.0 Å². The van der Waals surface area contributed by atoms with Crippen LogP contribution in [0.1, 0.15) is 25.1 Å². The fourth-order valence-corrected chi connectivity index (χ4v) is 2.93. The molecule has 0 aliphatic rings. The number of rotatable bonds is 5. The van der Waals surface area contributed by atoms with Gasteiger partial charge in [-0.05, 0) is 25.1 Å². The van der Waals surface area contributed by atoms with Crippen molar-refractivity contribution in [1.29, 1.82) is 0 Å². The van der Waals surface area contributed by atoms with Gasteiger partial charge in [0.25, 0.3) is 0 Å². The van der Waals surface area contributed by atoms with Crippen molar-refractivity contribution >= 4 is 15.4 Å². The van der Waals surface area contributed by atoms with Crippen molar-refractivity contribution in [2.24, 2.45) is 0 Å². The van der Waals surface area contributed by atoms with Crippen molar-refractivity contribution in [3.05, 3.63) is 59.3 Å². The van der Waals surface area contributed by atoms with Gasteiger partial charge in [0.2, 0.25) is 0 Å². The summed E-state index contributed by atoms with van der Waals surface area (Å²) in [5.74, 6) is -0.134. The van der Waals surface area contributed by atoms with E-state index < -0.39 is 21.6 Å². The smallest absolute Gasteiger partial charge is 0.256 e. The van der Waals surface area contributed by atoms with E-state index in [1.54, 1.807) is 6.92 Å². The number of nitrogens with zero attached hydrogens (tertiary/aromatic N) is 1. The molecule has 1 aromatic heterocycles. The minimum Gasteiger partial charge on any atom is -0.256 e. The molecule has 1 rings (SSSR count). The molecule has 0 aliphatic carbocycles. The molecule has 0 saturated carbocycles. The average Bonchev–Trinajstić information content (AvgIpc) is 2.46. The number of sulfone groups is 1. The lowest BCUT2D eigenvalue weighted by atomic mass is 10.1. The van der Waals surface area contributed by atoms with Crippen molar-refractivity contribution in [3.63, 3.8) is 0 Å². The lowest BCUT2D eigenvalue weighted by Gasteiger charge is -2.12. The first-order chi connectivity index (χ1) is 10.2. The van der Waals surface area contributed by atoms with Gasteiger partial charge in [-0.2, -0.15) is 13.2 Å². The van der Waals surface area contributed by atoms with Crippen molar-refractivity contribution in [3.8, 4) is 0 Å². The Hall–Kier alpha value is -1.89. The average molecular weight is 331 g/mol. The van der Waals surface area contributed by atoms with Crippen LogP contribution in [-0.2, 0) is 16.0 Å². The number of halogens is 3. The van der Waals surface area contributed by atoms with Crippen molar-refractivity contribution < 1.29 is 21.6 Å². The summed E-state index contributed by atoms with van der Waals surface area (Å²) in [4.78, 5) is 3.73. The maximum atomic E-state index is 12.6. The molecule has 0 fully saturated rings. The van der Waals surface area contributed by atoms with Crippen molar-refractivity contribution in [1.82, 2.24) is 4.98 Å². The van der Waals surface area contributed by atoms with Gasteiger partial charge in [0, 0.05) is 11.8 Å². The van der Waals surface area contributed by atoms with Crippen LogP contribution >= 0.6 is 0 Å². The van der Waals surface area contributed by atoms with Gasteiger partial charge in [-0.3, -0.25) is 4.98 Å². The van der Waals surface area contributed by atoms with Crippen LogP contribution in [0, 0.1) is 0 Å². The first kappa shape index (κ1) is 18.2. The van der Waals surface area contributed by atoms with E-state index in [2.05, 4.69) is 11.6 Å². The van der Waals surface area contributed by atoms with Crippen molar-refractivity contribution in [2.45, 2.75) is 20.0 Å². The highest BCUT2D eigenvalue weighted by Gasteiger charge is 2.31. The lowest BCUT2D eigenvalue weighted by molar-refractivity contribution is -0.137. The molecule has 22 heavy (non-hydrogen) atoms. The molecule has 1 heterocycles. The minimum absolute atomic E-state index is 0.0141. The SMILES string of the molecule is C=C/C=C(\C(=C/C)c1ccc(C(F)(F)F)cn1)S(=O)(=O)CC. The van der Waals surface area contributed by atoms with Crippen LogP contribution in [0.25, 0.3) is 5.57 Å². The topological polar surface area (TPSA) is 47.0 Å². The molecule has 0 bridgehead atoms. The first-order valence-electron chi connectivity index (χ1n) is 6.43. The Morgan fingerprint density at radius 3 is 2.36 bits per heavy atom. The van der Waals surface area contributed by atoms with Gasteiger partial charge in [0.05, 0.1) is 21.9 Å². The second-order valence-corrected chi connectivity index (χ2v) is 6.55. The predicted molar refractivity (Wildman–Crippen MR) is 80.6 cm³/mol. The van der Waals surface area contributed by atoms with E-state index in [9.17, 15) is 21.6 Å². The molecule has 0 unspecified atom stereocenters. The highest BCUT2D eigenvalue weighted by molar-refractivity contribution is 7.95. The highest BCUT2D eigenvalue weighted by Crippen LogP contribution is 2.31. The van der Waals surface area contributed by atoms with Crippen LogP contribution in [0.2, 0.25) is 0 Å². The molecule has 7 heteroatoms. The molecule has 120 valence electrons. The molecular formula is C15H16F3NO2S. The van der Waals surface area contributed by atoms with Crippen LogP contribution < -0.4 is 0 Å². The monoisotopic (exact) mass is 331 g/mol. The normalized spacial score (nSPS) is 14.0. The zero-order valence-electron chi connectivity index (χ0n) is 12.2. The third-order valence-corrected chi connectivity index (χ3v) is 4.69. The summed E-state index contributed by atoms with van der Waals surface area (Å²) in [5, 5.41) is 0. The number of aromatic nitrogens is 1. The zero-order valence-corrected chi connectivity index (χ0v) is 13.0. The summed E-state index contributed by atoms with van der Waals surface area (Å²) < 4.78 is 61.9. The maximum absolute atomic E-state index is 12.6. The van der Waals surface area contributed by atoms with Gasteiger partial charge in [-0.1, -0.05) is 25.7 Å². The summed E-state index contributed by atoms with van der Waals surface area (Å²) in [6.07, 6.45) is 0.321. The molecule has 0 aromatic carbocycles. The predicted octanol–water partition coefficient (Wildman–Crippen LogP) is 4.01. The Labute approximate surface area is 127 Å². The molecule has 0 spiro atoms. The second kappa shape index (κ2) is 6.91. The molecule has 0 amide bonds. The Morgan fingerprint density at radius 1 is 1.36 bits per heavy atom. The fraction of sp³-hybridized carbons (Fsp3) is 0.267. The molecule has 1 aromatic rings. The highest BCUT2D eigenvalue weighted by atomic mass is 32.2. The summed E-state index contributed by atoms with van der Waals surface area (Å²) in [5.41, 5.74) is -0.490. The van der Waals surface area contributed by atoms with Gasteiger partial charge < -0.3 is 0 Å². The van der Waals surface area contributed by atoms with E-state index in [-0.39, 0.29) is 21.9 Å². The van der Waals surface area contributed by atoms with Crippen LogP contribution in [-0.4, -0.2) is 19.2 Å². The molecule has 3 nitrogen and oxygen atoms in total. The molecule has 0 atom stereocenters. The summed E-state index contributed by atoms with van der Waals surface area (Å²) >= 11 is 0. The van der Waals surface area contributed by atoms with E-state index in [0.717, 1.165) is 12.1 Å². The number of hydrogen-bond donors (Lipinski definition) is 0. The van der Waals surface area contributed by atoms with Crippen molar-refractivity contribution in [2.75, 3.05) is 5.75 Å². The standard InChI is InChI=1S/C15H16F3NO2S/c1-4-7-14(22(20,21)6-3)12(5-2)13-9-8-11(10-19-13)15(16,17)18/h4-5,7-10H,1,6H2,2-3H3/b12-5-,14-7+. The largest absolute Gasteiger partial charge is 0.417 e. The maximum Gasteiger partial charge on any atom is 0.417 e. The summed E-state index contributed by atoms with van der Waals surface area (Å²) in [7, 11) is -3.56. The third-order valence-electron chi connectivity index (χ3n) is 2.91. The number of pyridine rings is 1. The summed E-state index contributed by atoms with van der Waals surface area (Å²) in [6.45, 7) is 6.55. The van der Waals surface area contributed by atoms with Crippen LogP contribution in [0.3, 0.4) is 0 Å². The van der Waals surface area contributed by atoms with E-state index in [0.29, 0.717) is 6.20 Å². The lowest BCUT2D eigenvalue weighted by Crippen LogP contribution is -2.10. The number of allylic oxidation sites excluding steroid dienone is 4. The van der Waals surface area contributed by atoms with Gasteiger partial charge in [0.15, 0.2) is 9.84 Å². The quantitative estimate of drug-likeness (QED) is 0.766. The van der Waals surface area contributed by atoms with E-state index in [1.807, 2.05) is 0 Å². The Morgan fingerprint density at radius 2 is 2.00 bits per heavy atom. The Balaban J connectivity index is 3.38. The van der Waals surface area contributed by atoms with E-state index in [4.69, 9.17) is 0 Å². The van der Waals surface area contributed by atoms with E-state index in [1.165, 1.54) is 25.2 Å². The molecule has 0 aliphatic heterocycles. The molecule has 0 saturated heterocycles. The fourth-order valence-electron chi connectivity index (χ4n) is 1.76. The van der Waals surface area contributed by atoms with Crippen LogP contribution in [0.4, 0.5) is 13.2 Å². The zero-order chi connectivity index (χ0) is 17.0. The second-order valence-electron chi connectivity index (χ2n) is 4.30. The van der Waals surface area contributed by atoms with Gasteiger partial charge in [0.1, 0.15) is 0 Å². The Kier molecular flexibility index (Phi) is 5.71. The third kappa shape index (κ3) is 4.07. The molecular weight excluding hydrogens is 315 g/mol. The van der Waals surface area contributed by atoms with Gasteiger partial charge in [-0.25, -0.2) is 8.42 Å². The van der Waals surface area contributed by atoms with Crippen LogP contribution in [0.5, 0.6) is 0 Å². The van der Waals surface area contributed by atoms with Gasteiger partial charge in [-0.15, -0.1) is 0 Å². The number of hydrogen-bond acceptors (Lipinski definition) is 3. The van der Waals surface area contributed by atoms with E-state index >= 15 is 0 Å². The molecule has 0 N–H and O–H groups in total. The molecule has 0 radical (unpaired) electrons. The van der Waals surface area contributed by atoms with Gasteiger partial charge >= 0.3 is 6.18 Å².